The van der Waals surface area contributed by atoms with Crippen molar-refractivity contribution in [3.63, 3.8) is 0 Å². The van der Waals surface area contributed by atoms with Gasteiger partial charge in [-0.1, -0.05) is 57.4 Å². The summed E-state index contributed by atoms with van der Waals surface area (Å²) in [5, 5.41) is 39.4. The van der Waals surface area contributed by atoms with Gasteiger partial charge in [0.25, 0.3) is 0 Å². The highest BCUT2D eigenvalue weighted by Crippen LogP contribution is 2.43. The molecule has 5 atom stereocenters. The SMILES string of the molecule is CC(C)(C)CCCC(O)c1ccc(C2C(C#CCCCCC(=O)O)[C@H](C#N)C[C@H]2O)cc1. The fourth-order valence-electron chi connectivity index (χ4n) is 4.41. The molecule has 5 heteroatoms. The molecule has 3 unspecified atom stereocenters. The Morgan fingerprint density at radius 3 is 2.47 bits per heavy atom. The molecule has 0 radical (unpaired) electrons. The first-order valence-electron chi connectivity index (χ1n) is 11.7. The molecule has 1 aliphatic carbocycles. The van der Waals surface area contributed by atoms with Crippen molar-refractivity contribution in [2.45, 2.75) is 90.3 Å². The summed E-state index contributed by atoms with van der Waals surface area (Å²) in [6.45, 7) is 6.60. The van der Waals surface area contributed by atoms with E-state index in [1.165, 1.54) is 0 Å². The number of carboxylic acids is 1. The van der Waals surface area contributed by atoms with Crippen LogP contribution in [0.5, 0.6) is 0 Å². The van der Waals surface area contributed by atoms with Gasteiger partial charge in [0.15, 0.2) is 0 Å². The molecule has 0 amide bonds. The van der Waals surface area contributed by atoms with Gasteiger partial charge in [-0.05, 0) is 48.6 Å². The molecule has 174 valence electrons. The minimum atomic E-state index is -0.802. The van der Waals surface area contributed by atoms with Crippen LogP contribution in [0.15, 0.2) is 24.3 Å². The molecular formula is C27H37NO4. The molecule has 1 fully saturated rings. The lowest BCUT2D eigenvalue weighted by molar-refractivity contribution is -0.137. The highest BCUT2D eigenvalue weighted by Gasteiger charge is 2.42. The van der Waals surface area contributed by atoms with E-state index >= 15 is 0 Å². The molecule has 0 bridgehead atoms. The maximum atomic E-state index is 10.7. The van der Waals surface area contributed by atoms with Crippen molar-refractivity contribution in [3.05, 3.63) is 35.4 Å². The van der Waals surface area contributed by atoms with Crippen molar-refractivity contribution >= 4 is 5.97 Å². The average molecular weight is 440 g/mol. The summed E-state index contributed by atoms with van der Waals surface area (Å²) >= 11 is 0. The molecule has 5 nitrogen and oxygen atoms in total. The number of rotatable bonds is 9. The maximum Gasteiger partial charge on any atom is 0.303 e. The van der Waals surface area contributed by atoms with Crippen molar-refractivity contribution in [1.82, 2.24) is 0 Å². The first kappa shape index (κ1) is 25.9. The van der Waals surface area contributed by atoms with Crippen LogP contribution in [0.1, 0.15) is 95.3 Å². The first-order chi connectivity index (χ1) is 15.1. The van der Waals surface area contributed by atoms with Crippen LogP contribution in [0.4, 0.5) is 0 Å². The molecule has 1 aliphatic rings. The zero-order valence-electron chi connectivity index (χ0n) is 19.6. The van der Waals surface area contributed by atoms with Gasteiger partial charge in [-0.3, -0.25) is 4.79 Å². The van der Waals surface area contributed by atoms with Crippen molar-refractivity contribution < 1.29 is 20.1 Å². The second-order valence-electron chi connectivity index (χ2n) is 10.1. The molecule has 0 aromatic heterocycles. The van der Waals surface area contributed by atoms with Gasteiger partial charge in [-0.2, -0.15) is 5.26 Å². The Kier molecular flexibility index (Phi) is 9.76. The largest absolute Gasteiger partial charge is 0.481 e. The summed E-state index contributed by atoms with van der Waals surface area (Å²) in [5.74, 6) is 4.68. The lowest BCUT2D eigenvalue weighted by Crippen LogP contribution is -2.17. The van der Waals surface area contributed by atoms with E-state index in [0.717, 1.165) is 30.4 Å². The quantitative estimate of drug-likeness (QED) is 0.363. The zero-order valence-corrected chi connectivity index (χ0v) is 19.6. The van der Waals surface area contributed by atoms with Gasteiger partial charge in [-0.15, -0.1) is 5.92 Å². The number of nitrogens with zero attached hydrogens (tertiary/aromatic N) is 1. The number of aliphatic hydroxyl groups is 2. The van der Waals surface area contributed by atoms with Crippen LogP contribution in [-0.4, -0.2) is 27.4 Å². The molecule has 1 aromatic carbocycles. The molecule has 0 spiro atoms. The monoisotopic (exact) mass is 439 g/mol. The molecule has 0 saturated heterocycles. The summed E-state index contributed by atoms with van der Waals surface area (Å²) in [6.07, 6.45) is 4.02. The van der Waals surface area contributed by atoms with E-state index in [4.69, 9.17) is 5.11 Å². The third-order valence-electron chi connectivity index (χ3n) is 6.22. The van der Waals surface area contributed by atoms with Gasteiger partial charge in [0.1, 0.15) is 0 Å². The summed E-state index contributed by atoms with van der Waals surface area (Å²) in [4.78, 5) is 10.6. The van der Waals surface area contributed by atoms with Gasteiger partial charge < -0.3 is 15.3 Å². The van der Waals surface area contributed by atoms with Crippen molar-refractivity contribution in [3.8, 4) is 17.9 Å². The summed E-state index contributed by atoms with van der Waals surface area (Å²) in [7, 11) is 0. The van der Waals surface area contributed by atoms with E-state index < -0.39 is 18.2 Å². The van der Waals surface area contributed by atoms with Gasteiger partial charge in [0, 0.05) is 24.7 Å². The third-order valence-corrected chi connectivity index (χ3v) is 6.22. The number of nitriles is 1. The molecule has 32 heavy (non-hydrogen) atoms. The van der Waals surface area contributed by atoms with Gasteiger partial charge in [0.2, 0.25) is 0 Å². The van der Waals surface area contributed by atoms with Crippen LogP contribution in [0.2, 0.25) is 0 Å². The number of benzene rings is 1. The third kappa shape index (κ3) is 7.97. The number of aliphatic hydroxyl groups excluding tert-OH is 2. The van der Waals surface area contributed by atoms with E-state index in [-0.39, 0.29) is 29.6 Å². The highest BCUT2D eigenvalue weighted by molar-refractivity contribution is 5.66. The van der Waals surface area contributed by atoms with Crippen LogP contribution >= 0.6 is 0 Å². The lowest BCUT2D eigenvalue weighted by atomic mass is 9.84. The zero-order chi connectivity index (χ0) is 23.7. The smallest absolute Gasteiger partial charge is 0.303 e. The predicted octanol–water partition coefficient (Wildman–Crippen LogP) is 5.19. The Labute approximate surface area is 192 Å². The Bertz CT molecular complexity index is 838. The summed E-state index contributed by atoms with van der Waals surface area (Å²) < 4.78 is 0. The number of hydrogen-bond acceptors (Lipinski definition) is 4. The fraction of sp³-hybridized carbons (Fsp3) is 0.630. The minimum absolute atomic E-state index is 0.141. The normalized spacial score (nSPS) is 23.8. The van der Waals surface area contributed by atoms with E-state index in [9.17, 15) is 20.3 Å². The van der Waals surface area contributed by atoms with Gasteiger partial charge in [-0.25, -0.2) is 0 Å². The van der Waals surface area contributed by atoms with E-state index in [0.29, 0.717) is 25.7 Å². The number of carboxylic acid groups (broad SMARTS) is 1. The van der Waals surface area contributed by atoms with Crippen LogP contribution in [-0.2, 0) is 4.79 Å². The van der Waals surface area contributed by atoms with Crippen molar-refractivity contribution in [2.75, 3.05) is 0 Å². The molecule has 3 N–H and O–H groups in total. The minimum Gasteiger partial charge on any atom is -0.481 e. The van der Waals surface area contributed by atoms with Crippen LogP contribution in [0.3, 0.4) is 0 Å². The predicted molar refractivity (Wildman–Crippen MR) is 125 cm³/mol. The standard InChI is InChI=1S/C27H37NO4/c1-27(2,3)16-8-10-23(29)19-12-14-20(15-13-19)26-22(21(18-28)17-24(26)30)9-6-4-5-7-11-25(31)32/h12-15,21-24,26,29-30H,4-5,7-8,10-11,16-17H2,1-3H3,(H,31,32)/t21-,22?,23?,24+,26?/m0/s1. The Morgan fingerprint density at radius 1 is 1.19 bits per heavy atom. The second kappa shape index (κ2) is 12.0. The fourth-order valence-corrected chi connectivity index (χ4v) is 4.41. The summed E-state index contributed by atoms with van der Waals surface area (Å²) in [6, 6.07) is 10.0. The van der Waals surface area contributed by atoms with E-state index in [2.05, 4.69) is 38.7 Å². The average Bonchev–Trinajstić information content (AvgIpc) is 3.04. The number of aliphatic carboxylic acids is 1. The number of carbonyl (C=O) groups is 1. The Balaban J connectivity index is 2.04. The van der Waals surface area contributed by atoms with Crippen LogP contribution in [0.25, 0.3) is 0 Å². The van der Waals surface area contributed by atoms with Crippen LogP contribution < -0.4 is 0 Å². The molecule has 1 aromatic rings. The Morgan fingerprint density at radius 2 is 1.88 bits per heavy atom. The number of unbranched alkanes of at least 4 members (excludes halogenated alkanes) is 2. The maximum absolute atomic E-state index is 10.7. The molecule has 2 rings (SSSR count). The van der Waals surface area contributed by atoms with Gasteiger partial charge >= 0.3 is 5.97 Å². The van der Waals surface area contributed by atoms with E-state index in [1.54, 1.807) is 0 Å². The molecule has 0 heterocycles. The Hall–Kier alpha value is -2.34. The first-order valence-corrected chi connectivity index (χ1v) is 11.7. The van der Waals surface area contributed by atoms with Crippen molar-refractivity contribution in [2.24, 2.45) is 17.3 Å². The second-order valence-corrected chi connectivity index (χ2v) is 10.1. The van der Waals surface area contributed by atoms with Gasteiger partial charge in [0.05, 0.1) is 24.2 Å². The summed E-state index contributed by atoms with van der Waals surface area (Å²) in [5.41, 5.74) is 2.06. The molecular weight excluding hydrogens is 402 g/mol. The molecule has 0 aliphatic heterocycles. The lowest BCUT2D eigenvalue weighted by Gasteiger charge is -2.21. The topological polar surface area (TPSA) is 102 Å². The van der Waals surface area contributed by atoms with E-state index in [1.807, 2.05) is 24.3 Å². The number of hydrogen-bond donors (Lipinski definition) is 3. The van der Waals surface area contributed by atoms with Crippen molar-refractivity contribution in [1.29, 1.82) is 5.26 Å². The highest BCUT2D eigenvalue weighted by atomic mass is 16.4. The van der Waals surface area contributed by atoms with Crippen LogP contribution in [0, 0.1) is 40.4 Å². The molecule has 1 saturated carbocycles.